The zero-order chi connectivity index (χ0) is 16.7. The average Bonchev–Trinajstić information content (AvgIpc) is 2.89. The summed E-state index contributed by atoms with van der Waals surface area (Å²) in [7, 11) is 0. The maximum atomic E-state index is 11.9. The topological polar surface area (TPSA) is 89.3 Å². The first-order chi connectivity index (χ1) is 11.0. The molecule has 0 radical (unpaired) electrons. The highest BCUT2D eigenvalue weighted by molar-refractivity contribution is 7.13. The third-order valence-electron chi connectivity index (χ3n) is 2.93. The Morgan fingerprint density at radius 1 is 1.43 bits per heavy atom. The number of anilines is 2. The van der Waals surface area contributed by atoms with E-state index in [4.69, 9.17) is 10.5 Å². The zero-order valence-corrected chi connectivity index (χ0v) is 14.2. The number of rotatable bonds is 7. The van der Waals surface area contributed by atoms with Gasteiger partial charge >= 0.3 is 6.03 Å². The number of carbonyl (C=O) groups is 1. The first kappa shape index (κ1) is 17.1. The molecule has 6 nitrogen and oxygen atoms in total. The standard InChI is InChI=1S/C16H22N4O2S/c1-11(2)22-14-7-3-5-12(9-14)20-16(21)18-8-4-6-13-10-23-15(17)19-13/h3,5,7,9-11H,4,6,8H2,1-2H3,(H2,17,19)(H2,18,20,21). The summed E-state index contributed by atoms with van der Waals surface area (Å²) < 4.78 is 5.60. The SMILES string of the molecule is CC(C)Oc1cccc(NC(=O)NCCCc2csc(N)n2)c1. The van der Waals surface area contributed by atoms with Gasteiger partial charge < -0.3 is 21.1 Å². The first-order valence-corrected chi connectivity index (χ1v) is 8.42. The van der Waals surface area contributed by atoms with Crippen LogP contribution in [0.5, 0.6) is 5.75 Å². The van der Waals surface area contributed by atoms with E-state index in [0.29, 0.717) is 17.4 Å². The summed E-state index contributed by atoms with van der Waals surface area (Å²) in [6.45, 7) is 4.50. The Bertz CT molecular complexity index is 643. The average molecular weight is 334 g/mol. The summed E-state index contributed by atoms with van der Waals surface area (Å²) in [6.07, 6.45) is 1.71. The molecule has 1 heterocycles. The van der Waals surface area contributed by atoms with E-state index in [1.54, 1.807) is 6.07 Å². The number of hydrogen-bond acceptors (Lipinski definition) is 5. The van der Waals surface area contributed by atoms with E-state index in [0.717, 1.165) is 24.3 Å². The van der Waals surface area contributed by atoms with Crippen molar-refractivity contribution in [1.29, 1.82) is 0 Å². The van der Waals surface area contributed by atoms with Crippen molar-refractivity contribution in [2.75, 3.05) is 17.6 Å². The molecular weight excluding hydrogens is 312 g/mol. The van der Waals surface area contributed by atoms with Crippen LogP contribution in [0.4, 0.5) is 15.6 Å². The molecule has 2 aromatic rings. The van der Waals surface area contributed by atoms with Crippen molar-refractivity contribution in [1.82, 2.24) is 10.3 Å². The van der Waals surface area contributed by atoms with E-state index in [2.05, 4.69) is 15.6 Å². The Labute approximate surface area is 140 Å². The van der Waals surface area contributed by atoms with Crippen LogP contribution < -0.4 is 21.1 Å². The van der Waals surface area contributed by atoms with Crippen molar-refractivity contribution in [3.8, 4) is 5.75 Å². The fourth-order valence-corrected chi connectivity index (χ4v) is 2.60. The zero-order valence-electron chi connectivity index (χ0n) is 13.3. The second-order valence-corrected chi connectivity index (χ2v) is 6.25. The van der Waals surface area contributed by atoms with Gasteiger partial charge in [-0.3, -0.25) is 0 Å². The molecule has 124 valence electrons. The molecule has 0 bridgehead atoms. The molecule has 7 heteroatoms. The van der Waals surface area contributed by atoms with E-state index in [1.807, 2.05) is 37.4 Å². The minimum atomic E-state index is -0.232. The molecule has 0 aliphatic heterocycles. The summed E-state index contributed by atoms with van der Waals surface area (Å²) in [5.74, 6) is 0.735. The van der Waals surface area contributed by atoms with Crippen molar-refractivity contribution in [3.63, 3.8) is 0 Å². The lowest BCUT2D eigenvalue weighted by Crippen LogP contribution is -2.29. The smallest absolute Gasteiger partial charge is 0.319 e. The number of nitrogens with one attached hydrogen (secondary N) is 2. The van der Waals surface area contributed by atoms with Gasteiger partial charge in [0.25, 0.3) is 0 Å². The van der Waals surface area contributed by atoms with Crippen LogP contribution in [-0.2, 0) is 6.42 Å². The number of nitrogen functional groups attached to an aromatic ring is 1. The number of carbonyl (C=O) groups excluding carboxylic acids is 1. The lowest BCUT2D eigenvalue weighted by molar-refractivity contribution is 0.242. The van der Waals surface area contributed by atoms with Gasteiger partial charge in [0.15, 0.2) is 5.13 Å². The highest BCUT2D eigenvalue weighted by Gasteiger charge is 2.04. The van der Waals surface area contributed by atoms with Crippen molar-refractivity contribution >= 4 is 28.2 Å². The molecule has 0 spiro atoms. The molecule has 0 saturated carbocycles. The highest BCUT2D eigenvalue weighted by Crippen LogP contribution is 2.18. The summed E-state index contributed by atoms with van der Waals surface area (Å²) in [6, 6.07) is 7.11. The number of benzene rings is 1. The lowest BCUT2D eigenvalue weighted by Gasteiger charge is -2.12. The number of thiazole rings is 1. The summed E-state index contributed by atoms with van der Waals surface area (Å²) in [5, 5.41) is 8.13. The Hall–Kier alpha value is -2.28. The van der Waals surface area contributed by atoms with Crippen LogP contribution in [0.25, 0.3) is 0 Å². The third kappa shape index (κ3) is 6.15. The van der Waals surface area contributed by atoms with E-state index >= 15 is 0 Å². The number of aromatic nitrogens is 1. The summed E-state index contributed by atoms with van der Waals surface area (Å²) in [4.78, 5) is 16.0. The number of amides is 2. The highest BCUT2D eigenvalue weighted by atomic mass is 32.1. The Balaban J connectivity index is 1.72. The van der Waals surface area contributed by atoms with Crippen LogP contribution in [0.3, 0.4) is 0 Å². The van der Waals surface area contributed by atoms with Crippen LogP contribution in [0, 0.1) is 0 Å². The predicted octanol–water partition coefficient (Wildman–Crippen LogP) is 3.27. The maximum absolute atomic E-state index is 11.9. The Morgan fingerprint density at radius 2 is 2.26 bits per heavy atom. The molecule has 0 aliphatic rings. The van der Waals surface area contributed by atoms with Crippen molar-refractivity contribution < 1.29 is 9.53 Å². The van der Waals surface area contributed by atoms with Crippen molar-refractivity contribution in [2.24, 2.45) is 0 Å². The van der Waals surface area contributed by atoms with E-state index in [9.17, 15) is 4.79 Å². The maximum Gasteiger partial charge on any atom is 0.319 e. The van der Waals surface area contributed by atoms with Crippen LogP contribution in [0.15, 0.2) is 29.6 Å². The van der Waals surface area contributed by atoms with Gasteiger partial charge in [-0.25, -0.2) is 9.78 Å². The quantitative estimate of drug-likeness (QED) is 0.678. The second-order valence-electron chi connectivity index (χ2n) is 5.36. The molecule has 1 aromatic carbocycles. The van der Waals surface area contributed by atoms with Crippen LogP contribution in [0.2, 0.25) is 0 Å². The normalized spacial score (nSPS) is 10.6. The van der Waals surface area contributed by atoms with Gasteiger partial charge in [0, 0.05) is 23.7 Å². The predicted molar refractivity (Wildman–Crippen MR) is 94.1 cm³/mol. The Morgan fingerprint density at radius 3 is 2.96 bits per heavy atom. The minimum Gasteiger partial charge on any atom is -0.491 e. The van der Waals surface area contributed by atoms with Crippen LogP contribution in [-0.4, -0.2) is 23.7 Å². The van der Waals surface area contributed by atoms with Gasteiger partial charge in [-0.05, 0) is 38.8 Å². The summed E-state index contributed by atoms with van der Waals surface area (Å²) >= 11 is 1.43. The number of nitrogens with two attached hydrogens (primary N) is 1. The number of ether oxygens (including phenoxy) is 1. The van der Waals surface area contributed by atoms with Gasteiger partial charge in [-0.1, -0.05) is 6.07 Å². The largest absolute Gasteiger partial charge is 0.491 e. The number of urea groups is 1. The van der Waals surface area contributed by atoms with Gasteiger partial charge in [-0.15, -0.1) is 11.3 Å². The molecule has 0 unspecified atom stereocenters. The second kappa shape index (κ2) is 8.38. The van der Waals surface area contributed by atoms with Crippen LogP contribution >= 0.6 is 11.3 Å². The fourth-order valence-electron chi connectivity index (χ4n) is 2.00. The molecule has 23 heavy (non-hydrogen) atoms. The van der Waals surface area contributed by atoms with E-state index in [-0.39, 0.29) is 12.1 Å². The first-order valence-electron chi connectivity index (χ1n) is 7.54. The number of aryl methyl sites for hydroxylation is 1. The van der Waals surface area contributed by atoms with E-state index in [1.165, 1.54) is 11.3 Å². The monoisotopic (exact) mass is 334 g/mol. The van der Waals surface area contributed by atoms with Crippen molar-refractivity contribution in [2.45, 2.75) is 32.8 Å². The molecule has 2 amide bonds. The lowest BCUT2D eigenvalue weighted by atomic mass is 10.2. The van der Waals surface area contributed by atoms with E-state index < -0.39 is 0 Å². The molecule has 2 rings (SSSR count). The number of hydrogen-bond donors (Lipinski definition) is 3. The molecule has 4 N–H and O–H groups in total. The van der Waals surface area contributed by atoms with Crippen LogP contribution in [0.1, 0.15) is 26.0 Å². The van der Waals surface area contributed by atoms with Gasteiger partial charge in [0.1, 0.15) is 5.75 Å². The van der Waals surface area contributed by atoms with Gasteiger partial charge in [0.2, 0.25) is 0 Å². The minimum absolute atomic E-state index is 0.0961. The van der Waals surface area contributed by atoms with Gasteiger partial charge in [0.05, 0.1) is 11.8 Å². The molecule has 0 fully saturated rings. The van der Waals surface area contributed by atoms with Crippen molar-refractivity contribution in [3.05, 3.63) is 35.3 Å². The Kier molecular flexibility index (Phi) is 6.22. The molecule has 0 saturated heterocycles. The molecule has 1 aromatic heterocycles. The third-order valence-corrected chi connectivity index (χ3v) is 3.65. The van der Waals surface area contributed by atoms with Gasteiger partial charge in [-0.2, -0.15) is 0 Å². The molecule has 0 aliphatic carbocycles. The molecule has 0 atom stereocenters. The fraction of sp³-hybridized carbons (Fsp3) is 0.375. The molecular formula is C16H22N4O2S. The number of nitrogens with zero attached hydrogens (tertiary/aromatic N) is 1. The summed E-state index contributed by atoms with van der Waals surface area (Å²) in [5.41, 5.74) is 7.24.